The molecule has 0 saturated carbocycles. The SMILES string of the molecule is Cc1ccc(S(=O)(=O)NCCSc2ccccc2)s1. The van der Waals surface area contributed by atoms with Crippen LogP contribution in [-0.4, -0.2) is 20.7 Å². The van der Waals surface area contributed by atoms with E-state index in [0.29, 0.717) is 16.5 Å². The smallest absolute Gasteiger partial charge is 0.210 e. The summed E-state index contributed by atoms with van der Waals surface area (Å²) < 4.78 is 26.9. The predicted octanol–water partition coefficient (Wildman–Crippen LogP) is 3.13. The zero-order chi connectivity index (χ0) is 13.7. The van der Waals surface area contributed by atoms with Crippen molar-refractivity contribution in [1.82, 2.24) is 4.72 Å². The second-order valence-corrected chi connectivity index (χ2v) is 8.37. The first-order valence-corrected chi connectivity index (χ1v) is 9.10. The highest BCUT2D eigenvalue weighted by molar-refractivity contribution is 7.99. The number of rotatable bonds is 6. The monoisotopic (exact) mass is 313 g/mol. The third kappa shape index (κ3) is 4.35. The van der Waals surface area contributed by atoms with E-state index in [1.54, 1.807) is 17.8 Å². The van der Waals surface area contributed by atoms with Gasteiger partial charge in [-0.15, -0.1) is 23.1 Å². The second kappa shape index (κ2) is 6.56. The second-order valence-electron chi connectivity index (χ2n) is 3.92. The van der Waals surface area contributed by atoms with Crippen molar-refractivity contribution in [3.05, 3.63) is 47.3 Å². The van der Waals surface area contributed by atoms with E-state index < -0.39 is 10.0 Å². The summed E-state index contributed by atoms with van der Waals surface area (Å²) in [4.78, 5) is 2.15. The van der Waals surface area contributed by atoms with Crippen molar-refractivity contribution in [2.75, 3.05) is 12.3 Å². The molecule has 0 bridgehead atoms. The number of thiophene rings is 1. The largest absolute Gasteiger partial charge is 0.250 e. The maximum absolute atomic E-state index is 11.9. The van der Waals surface area contributed by atoms with Crippen molar-refractivity contribution >= 4 is 33.1 Å². The maximum Gasteiger partial charge on any atom is 0.250 e. The van der Waals surface area contributed by atoms with E-state index in [9.17, 15) is 8.42 Å². The van der Waals surface area contributed by atoms with E-state index >= 15 is 0 Å². The quantitative estimate of drug-likeness (QED) is 0.658. The molecule has 102 valence electrons. The number of hydrogen-bond acceptors (Lipinski definition) is 4. The molecule has 19 heavy (non-hydrogen) atoms. The van der Waals surface area contributed by atoms with Gasteiger partial charge in [-0.1, -0.05) is 18.2 Å². The van der Waals surface area contributed by atoms with E-state index in [4.69, 9.17) is 0 Å². The van der Waals surface area contributed by atoms with Crippen LogP contribution in [0.25, 0.3) is 0 Å². The van der Waals surface area contributed by atoms with E-state index in [1.807, 2.05) is 43.3 Å². The Hall–Kier alpha value is -0.820. The molecule has 1 N–H and O–H groups in total. The van der Waals surface area contributed by atoms with Crippen molar-refractivity contribution in [2.24, 2.45) is 0 Å². The van der Waals surface area contributed by atoms with Crippen molar-refractivity contribution < 1.29 is 8.42 Å². The molecule has 1 heterocycles. The van der Waals surface area contributed by atoms with Gasteiger partial charge in [0.15, 0.2) is 0 Å². The van der Waals surface area contributed by atoms with E-state index in [-0.39, 0.29) is 0 Å². The predicted molar refractivity (Wildman–Crippen MR) is 81.4 cm³/mol. The molecule has 0 radical (unpaired) electrons. The average molecular weight is 313 g/mol. The highest BCUT2D eigenvalue weighted by Crippen LogP contribution is 2.20. The number of thioether (sulfide) groups is 1. The Labute approximate surface area is 122 Å². The van der Waals surface area contributed by atoms with Gasteiger partial charge in [-0.3, -0.25) is 0 Å². The molecule has 0 aliphatic carbocycles. The minimum Gasteiger partial charge on any atom is -0.210 e. The molecule has 0 atom stereocenters. The van der Waals surface area contributed by atoms with Crippen molar-refractivity contribution in [3.63, 3.8) is 0 Å². The zero-order valence-corrected chi connectivity index (χ0v) is 12.9. The van der Waals surface area contributed by atoms with Gasteiger partial charge < -0.3 is 0 Å². The summed E-state index contributed by atoms with van der Waals surface area (Å²) in [5.41, 5.74) is 0. The maximum atomic E-state index is 11.9. The fraction of sp³-hybridized carbons (Fsp3) is 0.231. The lowest BCUT2D eigenvalue weighted by Crippen LogP contribution is -2.25. The molecule has 6 heteroatoms. The highest BCUT2D eigenvalue weighted by atomic mass is 32.2. The van der Waals surface area contributed by atoms with Gasteiger partial charge in [-0.25, -0.2) is 13.1 Å². The Kier molecular flexibility index (Phi) is 5.04. The molecule has 2 aromatic rings. The Bertz CT molecular complexity index is 620. The van der Waals surface area contributed by atoms with Gasteiger partial charge in [-0.05, 0) is 31.2 Å². The Morgan fingerprint density at radius 2 is 1.89 bits per heavy atom. The Morgan fingerprint density at radius 1 is 1.16 bits per heavy atom. The highest BCUT2D eigenvalue weighted by Gasteiger charge is 2.14. The molecule has 0 fully saturated rings. The van der Waals surface area contributed by atoms with Gasteiger partial charge >= 0.3 is 0 Å². The van der Waals surface area contributed by atoms with Crippen LogP contribution in [0.5, 0.6) is 0 Å². The molecule has 0 aliphatic heterocycles. The lowest BCUT2D eigenvalue weighted by Gasteiger charge is -2.04. The fourth-order valence-electron chi connectivity index (χ4n) is 1.49. The summed E-state index contributed by atoms with van der Waals surface area (Å²) in [7, 11) is -3.34. The molecule has 0 amide bonds. The van der Waals surface area contributed by atoms with Crippen LogP contribution in [0.1, 0.15) is 4.88 Å². The third-order valence-corrected chi connectivity index (χ3v) is 6.35. The summed E-state index contributed by atoms with van der Waals surface area (Å²) in [6, 6.07) is 13.4. The Morgan fingerprint density at radius 3 is 2.53 bits per heavy atom. The molecular weight excluding hydrogens is 298 g/mol. The van der Waals surface area contributed by atoms with Crippen LogP contribution in [0.4, 0.5) is 0 Å². The van der Waals surface area contributed by atoms with Crippen LogP contribution >= 0.6 is 23.1 Å². The summed E-state index contributed by atoms with van der Waals surface area (Å²) in [6.45, 7) is 2.33. The first kappa shape index (κ1) is 14.6. The lowest BCUT2D eigenvalue weighted by atomic mass is 10.4. The molecule has 3 nitrogen and oxygen atoms in total. The molecule has 0 spiro atoms. The van der Waals surface area contributed by atoms with Gasteiger partial charge in [0, 0.05) is 22.1 Å². The van der Waals surface area contributed by atoms with Crippen LogP contribution in [0.2, 0.25) is 0 Å². The number of hydrogen-bond donors (Lipinski definition) is 1. The fourth-order valence-corrected chi connectivity index (χ4v) is 4.77. The molecule has 0 aliphatic rings. The van der Waals surface area contributed by atoms with E-state index in [2.05, 4.69) is 4.72 Å². The van der Waals surface area contributed by atoms with Gasteiger partial charge in [0.25, 0.3) is 0 Å². The summed E-state index contributed by atoms with van der Waals surface area (Å²) >= 11 is 2.93. The number of sulfonamides is 1. The minimum atomic E-state index is -3.34. The summed E-state index contributed by atoms with van der Waals surface area (Å²) in [6.07, 6.45) is 0. The molecule has 0 saturated heterocycles. The number of aryl methyl sites for hydroxylation is 1. The van der Waals surface area contributed by atoms with Gasteiger partial charge in [0.2, 0.25) is 10.0 Å². The number of benzene rings is 1. The van der Waals surface area contributed by atoms with Crippen molar-refractivity contribution in [1.29, 1.82) is 0 Å². The van der Waals surface area contributed by atoms with Gasteiger partial charge in [-0.2, -0.15) is 0 Å². The standard InChI is InChI=1S/C13H15NO2S3/c1-11-7-8-13(18-11)19(15,16)14-9-10-17-12-5-3-2-4-6-12/h2-8,14H,9-10H2,1H3. The van der Waals surface area contributed by atoms with Crippen LogP contribution in [-0.2, 0) is 10.0 Å². The summed E-state index contributed by atoms with van der Waals surface area (Å²) in [5, 5.41) is 0. The van der Waals surface area contributed by atoms with Crippen LogP contribution in [0.3, 0.4) is 0 Å². The first-order valence-electron chi connectivity index (χ1n) is 5.82. The lowest BCUT2D eigenvalue weighted by molar-refractivity contribution is 0.586. The van der Waals surface area contributed by atoms with Gasteiger partial charge in [0.05, 0.1) is 0 Å². The van der Waals surface area contributed by atoms with Crippen molar-refractivity contribution in [3.8, 4) is 0 Å². The zero-order valence-electron chi connectivity index (χ0n) is 10.5. The van der Waals surface area contributed by atoms with Crippen LogP contribution in [0.15, 0.2) is 51.6 Å². The molecule has 1 aromatic heterocycles. The van der Waals surface area contributed by atoms with Gasteiger partial charge in [0.1, 0.15) is 4.21 Å². The molecule has 0 unspecified atom stereocenters. The normalized spacial score (nSPS) is 11.6. The third-order valence-electron chi connectivity index (χ3n) is 2.39. The van der Waals surface area contributed by atoms with Crippen LogP contribution in [0, 0.1) is 6.92 Å². The molecular formula is C13H15NO2S3. The molecule has 2 rings (SSSR count). The molecule has 1 aromatic carbocycles. The van der Waals surface area contributed by atoms with Crippen molar-refractivity contribution in [2.45, 2.75) is 16.0 Å². The van der Waals surface area contributed by atoms with E-state index in [1.165, 1.54) is 11.3 Å². The summed E-state index contributed by atoms with van der Waals surface area (Å²) in [5.74, 6) is 0.716. The Balaban J connectivity index is 1.83. The minimum absolute atomic E-state index is 0.384. The topological polar surface area (TPSA) is 46.2 Å². The van der Waals surface area contributed by atoms with E-state index in [0.717, 1.165) is 9.77 Å². The van der Waals surface area contributed by atoms with Crippen LogP contribution < -0.4 is 4.72 Å². The first-order chi connectivity index (χ1) is 9.08. The number of nitrogens with one attached hydrogen (secondary N) is 1. The average Bonchev–Trinajstić information content (AvgIpc) is 2.84.